The Kier molecular flexibility index (Phi) is 8.79. The monoisotopic (exact) mass is 543 g/mol. The maximum atomic E-state index is 14.6. The zero-order valence-electron chi connectivity index (χ0n) is 20.9. The van der Waals surface area contributed by atoms with Crippen LogP contribution < -0.4 is 10.0 Å². The molecule has 0 unspecified atom stereocenters. The summed E-state index contributed by atoms with van der Waals surface area (Å²) < 4.78 is 42.0. The van der Waals surface area contributed by atoms with Gasteiger partial charge < -0.3 is 10.2 Å². The number of anilines is 2. The van der Waals surface area contributed by atoms with E-state index in [-0.39, 0.29) is 15.6 Å². The van der Waals surface area contributed by atoms with Gasteiger partial charge in [0, 0.05) is 30.5 Å². The lowest BCUT2D eigenvalue weighted by Gasteiger charge is -2.32. The third-order valence-electron chi connectivity index (χ3n) is 6.60. The number of rotatable bonds is 9. The molecule has 3 aromatic rings. The van der Waals surface area contributed by atoms with Crippen molar-refractivity contribution in [2.45, 2.75) is 36.6 Å². The second-order valence-corrected chi connectivity index (χ2v) is 11.5. The van der Waals surface area contributed by atoms with E-state index < -0.39 is 15.8 Å². The fraction of sp³-hybridized carbons (Fsp3) is 0.333. The molecule has 0 atom stereocenters. The van der Waals surface area contributed by atoms with Gasteiger partial charge in [-0.3, -0.25) is 4.72 Å². The summed E-state index contributed by atoms with van der Waals surface area (Å²) in [6.45, 7) is 0.862. The molecule has 7 nitrogen and oxygen atoms in total. The molecule has 0 amide bonds. The van der Waals surface area contributed by atoms with E-state index in [1.54, 1.807) is 42.7 Å². The predicted molar refractivity (Wildman–Crippen MR) is 148 cm³/mol. The lowest BCUT2D eigenvalue weighted by molar-refractivity contribution is 0.198. The van der Waals surface area contributed by atoms with E-state index in [9.17, 15) is 12.8 Å². The SMILES string of the molecule is CN(C)C1CCC(CNc2ncc(/C=C/c3ccc(NS(=O)(=O)c4ccccc4Cl)c(F)c3)cn2)CC1. The van der Waals surface area contributed by atoms with Gasteiger partial charge in [-0.15, -0.1) is 0 Å². The minimum Gasteiger partial charge on any atom is -0.354 e. The zero-order chi connectivity index (χ0) is 26.4. The van der Waals surface area contributed by atoms with E-state index in [0.29, 0.717) is 23.5 Å². The second kappa shape index (κ2) is 12.0. The Morgan fingerprint density at radius 2 is 1.70 bits per heavy atom. The number of aromatic nitrogens is 2. The molecule has 2 aromatic carbocycles. The summed E-state index contributed by atoms with van der Waals surface area (Å²) in [7, 11) is 0.269. The summed E-state index contributed by atoms with van der Waals surface area (Å²) in [6, 6.07) is 10.9. The van der Waals surface area contributed by atoms with Gasteiger partial charge >= 0.3 is 0 Å². The molecule has 1 saturated carbocycles. The van der Waals surface area contributed by atoms with Crippen molar-refractivity contribution < 1.29 is 12.8 Å². The Labute approximate surface area is 222 Å². The molecule has 0 radical (unpaired) electrons. The smallest absolute Gasteiger partial charge is 0.263 e. The number of nitrogens with zero attached hydrogens (tertiary/aromatic N) is 3. The highest BCUT2D eigenvalue weighted by molar-refractivity contribution is 7.92. The highest BCUT2D eigenvalue weighted by atomic mass is 35.5. The molecule has 4 rings (SSSR count). The summed E-state index contributed by atoms with van der Waals surface area (Å²) in [6.07, 6.45) is 11.7. The molecular weight excluding hydrogens is 513 g/mol. The lowest BCUT2D eigenvalue weighted by Crippen LogP contribution is -2.33. The van der Waals surface area contributed by atoms with Crippen LogP contribution in [-0.4, -0.2) is 50.0 Å². The summed E-state index contributed by atoms with van der Waals surface area (Å²) >= 11 is 5.98. The maximum Gasteiger partial charge on any atom is 0.263 e. The molecule has 1 aliphatic rings. The van der Waals surface area contributed by atoms with E-state index >= 15 is 0 Å². The first-order chi connectivity index (χ1) is 17.7. The number of benzene rings is 2. The third kappa shape index (κ3) is 7.28. The topological polar surface area (TPSA) is 87.2 Å². The molecule has 1 heterocycles. The molecule has 0 saturated heterocycles. The fourth-order valence-electron chi connectivity index (χ4n) is 4.39. The molecule has 0 spiro atoms. The molecular formula is C27H31ClFN5O2S. The lowest BCUT2D eigenvalue weighted by atomic mass is 9.85. The van der Waals surface area contributed by atoms with Gasteiger partial charge in [-0.1, -0.05) is 42.0 Å². The van der Waals surface area contributed by atoms with Crippen LogP contribution in [0.5, 0.6) is 0 Å². The van der Waals surface area contributed by atoms with Crippen LogP contribution in [0.1, 0.15) is 36.8 Å². The normalized spacial score (nSPS) is 18.3. The second-order valence-electron chi connectivity index (χ2n) is 9.47. The van der Waals surface area contributed by atoms with Crippen LogP contribution in [0.15, 0.2) is 59.8 Å². The molecule has 1 aliphatic carbocycles. The Balaban J connectivity index is 1.32. The fourth-order valence-corrected chi connectivity index (χ4v) is 5.98. The number of sulfonamides is 1. The van der Waals surface area contributed by atoms with Crippen LogP contribution in [-0.2, 0) is 10.0 Å². The average molecular weight is 544 g/mol. The number of hydrogen-bond donors (Lipinski definition) is 2. The van der Waals surface area contributed by atoms with Crippen molar-refractivity contribution in [2.24, 2.45) is 5.92 Å². The maximum absolute atomic E-state index is 14.6. The molecule has 1 fully saturated rings. The van der Waals surface area contributed by atoms with Crippen LogP contribution in [0.3, 0.4) is 0 Å². The van der Waals surface area contributed by atoms with Gasteiger partial charge in [0.15, 0.2) is 0 Å². The van der Waals surface area contributed by atoms with Gasteiger partial charge in [-0.05, 0) is 75.5 Å². The van der Waals surface area contributed by atoms with Crippen molar-refractivity contribution in [3.8, 4) is 0 Å². The minimum atomic E-state index is -4.02. The molecule has 0 bridgehead atoms. The number of nitrogens with one attached hydrogen (secondary N) is 2. The van der Waals surface area contributed by atoms with Crippen molar-refractivity contribution >= 4 is 45.4 Å². The van der Waals surface area contributed by atoms with E-state index in [2.05, 4.69) is 39.0 Å². The predicted octanol–water partition coefficient (Wildman–Crippen LogP) is 5.77. The van der Waals surface area contributed by atoms with Crippen molar-refractivity contribution in [2.75, 3.05) is 30.7 Å². The van der Waals surface area contributed by atoms with Crippen LogP contribution >= 0.6 is 11.6 Å². The van der Waals surface area contributed by atoms with Crippen molar-refractivity contribution in [1.29, 1.82) is 0 Å². The first-order valence-electron chi connectivity index (χ1n) is 12.2. The van der Waals surface area contributed by atoms with Gasteiger partial charge in [-0.25, -0.2) is 22.8 Å². The zero-order valence-corrected chi connectivity index (χ0v) is 22.4. The van der Waals surface area contributed by atoms with Crippen molar-refractivity contribution in [3.63, 3.8) is 0 Å². The van der Waals surface area contributed by atoms with Gasteiger partial charge in [0.1, 0.15) is 10.7 Å². The van der Waals surface area contributed by atoms with Gasteiger partial charge in [0.05, 0.1) is 10.7 Å². The molecule has 196 valence electrons. The van der Waals surface area contributed by atoms with Crippen LogP contribution in [0, 0.1) is 11.7 Å². The summed E-state index contributed by atoms with van der Waals surface area (Å²) in [5.41, 5.74) is 1.17. The highest BCUT2D eigenvalue weighted by Crippen LogP contribution is 2.27. The largest absolute Gasteiger partial charge is 0.354 e. The van der Waals surface area contributed by atoms with E-state index in [1.165, 1.54) is 49.9 Å². The van der Waals surface area contributed by atoms with Crippen molar-refractivity contribution in [1.82, 2.24) is 14.9 Å². The van der Waals surface area contributed by atoms with E-state index in [4.69, 9.17) is 11.6 Å². The van der Waals surface area contributed by atoms with Crippen LogP contribution in [0.2, 0.25) is 5.02 Å². The number of halogens is 2. The highest BCUT2D eigenvalue weighted by Gasteiger charge is 2.22. The summed E-state index contributed by atoms with van der Waals surface area (Å²) in [5, 5.41) is 3.39. The standard InChI is InChI=1S/C27H31ClFN5O2S/c1-34(2)22-12-9-20(10-13-22)16-30-27-31-17-21(18-32-27)8-7-19-11-14-25(24(29)15-19)33-37(35,36)26-6-4-3-5-23(26)28/h3-8,11,14-15,17-18,20,22,33H,9-10,12-13,16H2,1-2H3,(H,30,31,32)/b8-7+. The molecule has 37 heavy (non-hydrogen) atoms. The quantitative estimate of drug-likeness (QED) is 0.356. The summed E-state index contributed by atoms with van der Waals surface area (Å²) in [5.74, 6) is 0.521. The van der Waals surface area contributed by atoms with Crippen LogP contribution in [0.4, 0.5) is 16.0 Å². The molecule has 1 aromatic heterocycles. The van der Waals surface area contributed by atoms with Crippen LogP contribution in [0.25, 0.3) is 12.2 Å². The van der Waals surface area contributed by atoms with E-state index in [0.717, 1.165) is 12.1 Å². The number of hydrogen-bond acceptors (Lipinski definition) is 6. The van der Waals surface area contributed by atoms with E-state index in [1.807, 2.05) is 0 Å². The Morgan fingerprint density at radius 1 is 1.03 bits per heavy atom. The van der Waals surface area contributed by atoms with Gasteiger partial charge in [0.2, 0.25) is 5.95 Å². The first kappa shape index (κ1) is 27.0. The molecule has 0 aliphatic heterocycles. The first-order valence-corrected chi connectivity index (χ1v) is 14.0. The average Bonchev–Trinajstić information content (AvgIpc) is 2.88. The Morgan fingerprint density at radius 3 is 2.35 bits per heavy atom. The summed E-state index contributed by atoms with van der Waals surface area (Å²) in [4.78, 5) is 11.0. The Bertz CT molecular complexity index is 1340. The van der Waals surface area contributed by atoms with Crippen molar-refractivity contribution in [3.05, 3.63) is 76.8 Å². The molecule has 2 N–H and O–H groups in total. The molecule has 10 heteroatoms. The van der Waals surface area contributed by atoms with Gasteiger partial charge in [0.25, 0.3) is 10.0 Å². The Hall–Kier alpha value is -3.01. The van der Waals surface area contributed by atoms with Gasteiger partial charge in [-0.2, -0.15) is 0 Å². The third-order valence-corrected chi connectivity index (χ3v) is 8.46. The minimum absolute atomic E-state index is 0.0607.